The molecule has 0 aliphatic carbocycles. The highest BCUT2D eigenvalue weighted by Gasteiger charge is 2.19. The summed E-state index contributed by atoms with van der Waals surface area (Å²) in [5.41, 5.74) is 2.55. The number of ether oxygens (including phenoxy) is 2. The first-order chi connectivity index (χ1) is 11.3. The second kappa shape index (κ2) is 9.05. The van der Waals surface area contributed by atoms with E-state index in [0.29, 0.717) is 18.9 Å². The number of hydrogen-bond acceptors (Lipinski definition) is 5. The molecule has 0 saturated heterocycles. The number of aromatic nitrogens is 3. The van der Waals surface area contributed by atoms with Gasteiger partial charge in [0.15, 0.2) is 5.69 Å². The summed E-state index contributed by atoms with van der Waals surface area (Å²) >= 11 is 0. The fourth-order valence-corrected chi connectivity index (χ4v) is 2.23. The van der Waals surface area contributed by atoms with Crippen molar-refractivity contribution in [2.24, 2.45) is 0 Å². The monoisotopic (exact) mass is 317 g/mol. The van der Waals surface area contributed by atoms with Crippen molar-refractivity contribution in [1.82, 2.24) is 15.4 Å². The number of H-pyrrole nitrogens is 1. The summed E-state index contributed by atoms with van der Waals surface area (Å²) in [6, 6.07) is 7.76. The summed E-state index contributed by atoms with van der Waals surface area (Å²) < 4.78 is 10.7. The fourth-order valence-electron chi connectivity index (χ4n) is 2.23. The molecule has 6 heteroatoms. The number of aromatic amines is 1. The average molecular weight is 317 g/mol. The highest BCUT2D eigenvalue weighted by Crippen LogP contribution is 2.21. The van der Waals surface area contributed by atoms with Crippen LogP contribution in [0.15, 0.2) is 24.3 Å². The van der Waals surface area contributed by atoms with Crippen LogP contribution in [0.3, 0.4) is 0 Å². The average Bonchev–Trinajstić information content (AvgIpc) is 3.05. The van der Waals surface area contributed by atoms with Gasteiger partial charge in [0.05, 0.1) is 13.2 Å². The standard InChI is InChI=1S/C17H23N3O3/c1-3-5-6-10-22-12-13-8-7-9-14(11-13)15-16(19-20-18-15)17(21)23-4-2/h7-9,11H,3-6,10,12H2,1-2H3,(H,18,19,20). The van der Waals surface area contributed by atoms with Gasteiger partial charge in [0, 0.05) is 12.2 Å². The molecule has 0 fully saturated rings. The van der Waals surface area contributed by atoms with E-state index in [9.17, 15) is 4.79 Å². The summed E-state index contributed by atoms with van der Waals surface area (Å²) in [7, 11) is 0. The molecular formula is C17H23N3O3. The third kappa shape index (κ3) is 4.89. The Morgan fingerprint density at radius 1 is 1.22 bits per heavy atom. The molecule has 0 unspecified atom stereocenters. The van der Waals surface area contributed by atoms with Crippen molar-refractivity contribution < 1.29 is 14.3 Å². The molecule has 0 atom stereocenters. The lowest BCUT2D eigenvalue weighted by Gasteiger charge is -2.06. The number of carbonyl (C=O) groups excluding carboxylic acids is 1. The second-order valence-corrected chi connectivity index (χ2v) is 5.20. The van der Waals surface area contributed by atoms with Gasteiger partial charge in [-0.3, -0.25) is 0 Å². The first-order valence-corrected chi connectivity index (χ1v) is 8.01. The fraction of sp³-hybridized carbons (Fsp3) is 0.471. The van der Waals surface area contributed by atoms with E-state index in [1.807, 2.05) is 24.3 Å². The minimum atomic E-state index is -0.475. The number of carbonyl (C=O) groups is 1. The summed E-state index contributed by atoms with van der Waals surface area (Å²) in [6.45, 7) is 5.54. The third-order valence-corrected chi connectivity index (χ3v) is 3.38. The molecule has 0 aliphatic heterocycles. The van der Waals surface area contributed by atoms with Crippen LogP contribution < -0.4 is 0 Å². The van der Waals surface area contributed by atoms with Gasteiger partial charge < -0.3 is 9.47 Å². The molecule has 23 heavy (non-hydrogen) atoms. The van der Waals surface area contributed by atoms with Crippen molar-refractivity contribution in [2.45, 2.75) is 39.7 Å². The van der Waals surface area contributed by atoms with E-state index in [1.165, 1.54) is 12.8 Å². The number of nitrogens with one attached hydrogen (secondary N) is 1. The van der Waals surface area contributed by atoms with Gasteiger partial charge in [0.1, 0.15) is 5.69 Å². The van der Waals surface area contributed by atoms with Gasteiger partial charge >= 0.3 is 5.97 Å². The van der Waals surface area contributed by atoms with Crippen LogP contribution in [0, 0.1) is 0 Å². The normalized spacial score (nSPS) is 10.7. The van der Waals surface area contributed by atoms with E-state index in [4.69, 9.17) is 9.47 Å². The Labute approximate surface area is 136 Å². The Bertz CT molecular complexity index is 625. The van der Waals surface area contributed by atoms with Gasteiger partial charge in [0.25, 0.3) is 0 Å². The van der Waals surface area contributed by atoms with Gasteiger partial charge in [-0.25, -0.2) is 4.79 Å². The molecule has 0 amide bonds. The van der Waals surface area contributed by atoms with E-state index in [1.54, 1.807) is 6.92 Å². The molecule has 0 spiro atoms. The first-order valence-electron chi connectivity index (χ1n) is 8.01. The molecule has 1 heterocycles. The number of nitrogens with zero attached hydrogens (tertiary/aromatic N) is 2. The molecule has 124 valence electrons. The second-order valence-electron chi connectivity index (χ2n) is 5.20. The maximum Gasteiger partial charge on any atom is 0.361 e. The lowest BCUT2D eigenvalue weighted by atomic mass is 10.1. The zero-order valence-electron chi connectivity index (χ0n) is 13.7. The highest BCUT2D eigenvalue weighted by molar-refractivity contribution is 5.93. The zero-order valence-corrected chi connectivity index (χ0v) is 13.7. The van der Waals surface area contributed by atoms with Gasteiger partial charge in [-0.05, 0) is 25.0 Å². The zero-order chi connectivity index (χ0) is 16.5. The van der Waals surface area contributed by atoms with Crippen LogP contribution >= 0.6 is 0 Å². The molecule has 0 bridgehead atoms. The summed E-state index contributed by atoms with van der Waals surface area (Å²) in [5, 5.41) is 10.5. The van der Waals surface area contributed by atoms with Crippen molar-refractivity contribution in [2.75, 3.05) is 13.2 Å². The van der Waals surface area contributed by atoms with Gasteiger partial charge in [-0.15, -0.1) is 5.10 Å². The number of esters is 1. The van der Waals surface area contributed by atoms with Crippen LogP contribution in [0.1, 0.15) is 49.2 Å². The molecule has 2 rings (SSSR count). The van der Waals surface area contributed by atoms with Crippen molar-refractivity contribution in [3.05, 3.63) is 35.5 Å². The van der Waals surface area contributed by atoms with Crippen molar-refractivity contribution in [3.8, 4) is 11.3 Å². The van der Waals surface area contributed by atoms with Crippen LogP contribution in [-0.4, -0.2) is 34.6 Å². The third-order valence-electron chi connectivity index (χ3n) is 3.38. The Morgan fingerprint density at radius 3 is 2.87 bits per heavy atom. The minimum Gasteiger partial charge on any atom is -0.461 e. The highest BCUT2D eigenvalue weighted by atomic mass is 16.5. The molecule has 1 aromatic carbocycles. The van der Waals surface area contributed by atoms with Crippen molar-refractivity contribution in [1.29, 1.82) is 0 Å². The molecule has 0 radical (unpaired) electrons. The maximum atomic E-state index is 11.9. The molecular weight excluding hydrogens is 294 g/mol. The van der Waals surface area contributed by atoms with Crippen LogP contribution in [-0.2, 0) is 16.1 Å². The van der Waals surface area contributed by atoms with E-state index in [2.05, 4.69) is 22.3 Å². The predicted molar refractivity (Wildman–Crippen MR) is 87.0 cm³/mol. The number of benzene rings is 1. The summed E-state index contributed by atoms with van der Waals surface area (Å²) in [6.07, 6.45) is 3.44. The Kier molecular flexibility index (Phi) is 6.75. The largest absolute Gasteiger partial charge is 0.461 e. The minimum absolute atomic E-state index is 0.202. The lowest BCUT2D eigenvalue weighted by Crippen LogP contribution is -2.06. The Balaban J connectivity index is 2.05. The Morgan fingerprint density at radius 2 is 2.09 bits per heavy atom. The number of unbranched alkanes of at least 4 members (excludes halogenated alkanes) is 2. The molecule has 0 saturated carbocycles. The smallest absolute Gasteiger partial charge is 0.361 e. The molecule has 2 aromatic rings. The van der Waals surface area contributed by atoms with Gasteiger partial charge in [-0.1, -0.05) is 38.0 Å². The topological polar surface area (TPSA) is 77.1 Å². The van der Waals surface area contributed by atoms with Gasteiger partial charge in [-0.2, -0.15) is 10.3 Å². The first kappa shape index (κ1) is 17.1. The van der Waals surface area contributed by atoms with Crippen LogP contribution in [0.5, 0.6) is 0 Å². The van der Waals surface area contributed by atoms with Gasteiger partial charge in [0.2, 0.25) is 0 Å². The van der Waals surface area contributed by atoms with Crippen LogP contribution in [0.25, 0.3) is 11.3 Å². The lowest BCUT2D eigenvalue weighted by molar-refractivity contribution is 0.0520. The van der Waals surface area contributed by atoms with Crippen molar-refractivity contribution >= 4 is 5.97 Å². The SMILES string of the molecule is CCCCCOCc1cccc(-c2n[nH]nc2C(=O)OCC)c1. The number of rotatable bonds is 9. The van der Waals surface area contributed by atoms with E-state index in [0.717, 1.165) is 24.2 Å². The van der Waals surface area contributed by atoms with Crippen molar-refractivity contribution in [3.63, 3.8) is 0 Å². The Hall–Kier alpha value is -2.21. The molecule has 1 N–H and O–H groups in total. The molecule has 1 aromatic heterocycles. The molecule has 6 nitrogen and oxygen atoms in total. The number of hydrogen-bond donors (Lipinski definition) is 1. The van der Waals surface area contributed by atoms with E-state index in [-0.39, 0.29) is 5.69 Å². The quantitative estimate of drug-likeness (QED) is 0.567. The van der Waals surface area contributed by atoms with E-state index >= 15 is 0 Å². The summed E-state index contributed by atoms with van der Waals surface area (Å²) in [4.78, 5) is 11.9. The van der Waals surface area contributed by atoms with E-state index < -0.39 is 5.97 Å². The van der Waals surface area contributed by atoms with Crippen LogP contribution in [0.2, 0.25) is 0 Å². The summed E-state index contributed by atoms with van der Waals surface area (Å²) in [5.74, 6) is -0.475. The van der Waals surface area contributed by atoms with Crippen LogP contribution in [0.4, 0.5) is 0 Å². The maximum absolute atomic E-state index is 11.9. The predicted octanol–water partition coefficient (Wildman–Crippen LogP) is 3.36. The molecule has 0 aliphatic rings.